The third kappa shape index (κ3) is 7.32. The van der Waals surface area contributed by atoms with Crippen LogP contribution in [0.5, 0.6) is 5.75 Å². The van der Waals surface area contributed by atoms with Gasteiger partial charge in [0.15, 0.2) is 0 Å². The van der Waals surface area contributed by atoms with Crippen LogP contribution >= 0.6 is 34.8 Å². The number of amides is 2. The molecule has 1 aliphatic rings. The van der Waals surface area contributed by atoms with E-state index in [-0.39, 0.29) is 34.1 Å². The van der Waals surface area contributed by atoms with Crippen molar-refractivity contribution in [2.24, 2.45) is 0 Å². The van der Waals surface area contributed by atoms with Crippen LogP contribution in [0.1, 0.15) is 38.2 Å². The van der Waals surface area contributed by atoms with Crippen molar-refractivity contribution in [1.29, 1.82) is 0 Å². The highest BCUT2D eigenvalue weighted by Crippen LogP contribution is 2.33. The highest BCUT2D eigenvalue weighted by atomic mass is 35.5. The molecule has 0 bridgehead atoms. The third-order valence-corrected chi connectivity index (χ3v) is 10.1. The van der Waals surface area contributed by atoms with Gasteiger partial charge in [-0.2, -0.15) is 0 Å². The zero-order valence-electron chi connectivity index (χ0n) is 23.2. The second kappa shape index (κ2) is 14.0. The average Bonchev–Trinajstić information content (AvgIpc) is 3.48. The molecule has 1 saturated carbocycles. The van der Waals surface area contributed by atoms with Gasteiger partial charge in [0.1, 0.15) is 18.3 Å². The van der Waals surface area contributed by atoms with Gasteiger partial charge in [-0.1, -0.05) is 71.9 Å². The predicted octanol–water partition coefficient (Wildman–Crippen LogP) is 6.33. The highest BCUT2D eigenvalue weighted by Gasteiger charge is 2.34. The molecule has 1 N–H and O–H groups in total. The number of benzene rings is 3. The molecule has 4 rings (SSSR count). The van der Waals surface area contributed by atoms with E-state index in [4.69, 9.17) is 39.5 Å². The Labute approximate surface area is 261 Å². The first-order valence-corrected chi connectivity index (χ1v) is 16.0. The van der Waals surface area contributed by atoms with Crippen molar-refractivity contribution in [3.8, 4) is 5.75 Å². The number of sulfonamides is 1. The molecule has 0 spiro atoms. The van der Waals surface area contributed by atoms with Crippen LogP contribution in [-0.4, -0.2) is 50.9 Å². The molecule has 0 radical (unpaired) electrons. The fraction of sp³-hybridized carbons (Fsp3) is 0.333. The van der Waals surface area contributed by atoms with Gasteiger partial charge < -0.3 is 15.0 Å². The Bertz CT molecular complexity index is 1510. The van der Waals surface area contributed by atoms with Crippen molar-refractivity contribution in [1.82, 2.24) is 10.2 Å². The number of halogens is 3. The molecule has 0 saturated heterocycles. The molecule has 3 aromatic carbocycles. The number of hydrogen-bond donors (Lipinski definition) is 1. The van der Waals surface area contributed by atoms with Gasteiger partial charge in [0, 0.05) is 28.2 Å². The summed E-state index contributed by atoms with van der Waals surface area (Å²) in [6.45, 7) is 0.870. The first-order chi connectivity index (χ1) is 20.0. The molecule has 2 amide bonds. The summed E-state index contributed by atoms with van der Waals surface area (Å²) in [5, 5.41) is 3.83. The topological polar surface area (TPSA) is 96.0 Å². The Hall–Kier alpha value is -2.98. The molecule has 1 fully saturated rings. The van der Waals surface area contributed by atoms with E-state index in [1.54, 1.807) is 43.3 Å². The Morgan fingerprint density at radius 1 is 0.952 bits per heavy atom. The second-order valence-electron chi connectivity index (χ2n) is 10.0. The van der Waals surface area contributed by atoms with Crippen molar-refractivity contribution in [3.63, 3.8) is 0 Å². The molecule has 1 atom stereocenters. The Morgan fingerprint density at radius 2 is 1.60 bits per heavy atom. The maximum Gasteiger partial charge on any atom is 0.264 e. The zero-order valence-corrected chi connectivity index (χ0v) is 26.3. The van der Waals surface area contributed by atoms with Crippen LogP contribution in [0, 0.1) is 0 Å². The first-order valence-electron chi connectivity index (χ1n) is 13.5. The summed E-state index contributed by atoms with van der Waals surface area (Å²) >= 11 is 19.2. The summed E-state index contributed by atoms with van der Waals surface area (Å²) in [5.74, 6) is -0.633. The van der Waals surface area contributed by atoms with Crippen LogP contribution in [-0.2, 0) is 26.2 Å². The van der Waals surface area contributed by atoms with Crippen LogP contribution < -0.4 is 14.4 Å². The van der Waals surface area contributed by atoms with Crippen LogP contribution in [0.2, 0.25) is 15.1 Å². The summed E-state index contributed by atoms with van der Waals surface area (Å²) < 4.78 is 34.0. The van der Waals surface area contributed by atoms with Gasteiger partial charge in [-0.25, -0.2) is 8.42 Å². The lowest BCUT2D eigenvalue weighted by atomic mass is 10.1. The van der Waals surface area contributed by atoms with E-state index in [0.29, 0.717) is 21.4 Å². The minimum absolute atomic E-state index is 0.0162. The summed E-state index contributed by atoms with van der Waals surface area (Å²) in [7, 11) is -2.80. The largest absolute Gasteiger partial charge is 0.495 e. The number of rotatable bonds is 11. The van der Waals surface area contributed by atoms with Gasteiger partial charge in [-0.05, 0) is 62.2 Å². The number of carbonyl (C=O) groups excluding carboxylic acids is 2. The molecule has 8 nitrogen and oxygen atoms in total. The minimum atomic E-state index is -4.24. The fourth-order valence-electron chi connectivity index (χ4n) is 4.89. The summed E-state index contributed by atoms with van der Waals surface area (Å²) in [4.78, 5) is 28.8. The molecule has 0 aliphatic heterocycles. The fourth-order valence-corrected chi connectivity index (χ4v) is 7.08. The summed E-state index contributed by atoms with van der Waals surface area (Å²) in [5.41, 5.74) is 0.594. The molecule has 224 valence electrons. The van der Waals surface area contributed by atoms with Crippen LogP contribution in [0.15, 0.2) is 71.6 Å². The molecule has 1 unspecified atom stereocenters. The molecule has 12 heteroatoms. The maximum atomic E-state index is 14.1. The van der Waals surface area contributed by atoms with E-state index in [1.807, 2.05) is 0 Å². The Balaban J connectivity index is 1.73. The average molecular weight is 653 g/mol. The minimum Gasteiger partial charge on any atom is -0.495 e. The van der Waals surface area contributed by atoms with Gasteiger partial charge in [-0.3, -0.25) is 13.9 Å². The van der Waals surface area contributed by atoms with Crippen molar-refractivity contribution in [2.45, 2.75) is 56.1 Å². The van der Waals surface area contributed by atoms with Gasteiger partial charge in [0.05, 0.1) is 22.7 Å². The first kappa shape index (κ1) is 31.9. The lowest BCUT2D eigenvalue weighted by Gasteiger charge is -2.33. The smallest absolute Gasteiger partial charge is 0.264 e. The summed E-state index contributed by atoms with van der Waals surface area (Å²) in [6.07, 6.45) is 3.77. The lowest BCUT2D eigenvalue weighted by molar-refractivity contribution is -0.139. The van der Waals surface area contributed by atoms with E-state index in [1.165, 1.54) is 42.3 Å². The third-order valence-electron chi connectivity index (χ3n) is 7.29. The Kier molecular flexibility index (Phi) is 10.6. The molecule has 1 aliphatic carbocycles. The van der Waals surface area contributed by atoms with E-state index in [0.717, 1.165) is 30.0 Å². The molecule has 42 heavy (non-hydrogen) atoms. The van der Waals surface area contributed by atoms with Gasteiger partial charge in [-0.15, -0.1) is 0 Å². The van der Waals surface area contributed by atoms with Crippen molar-refractivity contribution in [2.75, 3.05) is 18.0 Å². The zero-order chi connectivity index (χ0) is 30.4. The molecular formula is C30H32Cl3N3O5S. The van der Waals surface area contributed by atoms with E-state index in [9.17, 15) is 18.0 Å². The SMILES string of the molecule is COc1ccc(N(CC(=O)N(Cc2c(Cl)cccc2Cl)C(C)C(=O)NC2CCCC2)S(=O)(=O)c2ccccc2)cc1Cl. The summed E-state index contributed by atoms with van der Waals surface area (Å²) in [6, 6.07) is 16.2. The van der Waals surface area contributed by atoms with Crippen molar-refractivity contribution < 1.29 is 22.7 Å². The number of hydrogen-bond acceptors (Lipinski definition) is 5. The van der Waals surface area contributed by atoms with Crippen molar-refractivity contribution >= 4 is 62.3 Å². The van der Waals surface area contributed by atoms with Crippen LogP contribution in [0.4, 0.5) is 5.69 Å². The highest BCUT2D eigenvalue weighted by molar-refractivity contribution is 7.92. The number of methoxy groups -OCH3 is 1. The normalized spacial score (nSPS) is 14.3. The van der Waals surface area contributed by atoms with Gasteiger partial charge in [0.2, 0.25) is 11.8 Å². The monoisotopic (exact) mass is 651 g/mol. The number of nitrogens with one attached hydrogen (secondary N) is 1. The molecular weight excluding hydrogens is 621 g/mol. The maximum absolute atomic E-state index is 14.1. The van der Waals surface area contributed by atoms with Crippen molar-refractivity contribution in [3.05, 3.63) is 87.4 Å². The van der Waals surface area contributed by atoms with Crippen LogP contribution in [0.3, 0.4) is 0 Å². The quantitative estimate of drug-likeness (QED) is 0.261. The number of ether oxygens (including phenoxy) is 1. The van der Waals surface area contributed by atoms with Crippen LogP contribution in [0.25, 0.3) is 0 Å². The Morgan fingerprint density at radius 3 is 2.19 bits per heavy atom. The number of anilines is 1. The standard InChI is InChI=1S/C30H32Cl3N3O5S/c1-20(30(38)34-21-9-6-7-10-21)35(18-24-25(31)13-8-14-26(24)32)29(37)19-36(22-15-16-28(41-2)27(33)17-22)42(39,40)23-11-4-3-5-12-23/h3-5,8,11-17,20-21H,6-7,9-10,18-19H2,1-2H3,(H,34,38). The van der Waals surface area contributed by atoms with E-state index < -0.39 is 28.5 Å². The van der Waals surface area contributed by atoms with Gasteiger partial charge in [0.25, 0.3) is 10.0 Å². The molecule has 0 heterocycles. The lowest BCUT2D eigenvalue weighted by Crippen LogP contribution is -2.52. The van der Waals surface area contributed by atoms with E-state index in [2.05, 4.69) is 5.32 Å². The number of carbonyl (C=O) groups is 2. The molecule has 3 aromatic rings. The predicted molar refractivity (Wildman–Crippen MR) is 166 cm³/mol. The second-order valence-corrected chi connectivity index (χ2v) is 13.1. The van der Waals surface area contributed by atoms with E-state index >= 15 is 0 Å². The van der Waals surface area contributed by atoms with Gasteiger partial charge >= 0.3 is 0 Å². The molecule has 0 aromatic heterocycles. The number of nitrogens with zero attached hydrogens (tertiary/aromatic N) is 2.